The molecule has 0 spiro atoms. The predicted molar refractivity (Wildman–Crippen MR) is 80.4 cm³/mol. The molecule has 0 radical (unpaired) electrons. The van der Waals surface area contributed by atoms with Crippen molar-refractivity contribution in [2.24, 2.45) is 5.92 Å². The zero-order valence-electron chi connectivity index (χ0n) is 12.9. The highest BCUT2D eigenvalue weighted by molar-refractivity contribution is 5.95. The summed E-state index contributed by atoms with van der Waals surface area (Å²) in [5.74, 6) is -0.113. The van der Waals surface area contributed by atoms with Gasteiger partial charge in [-0.3, -0.25) is 9.59 Å². The average molecular weight is 307 g/mol. The van der Waals surface area contributed by atoms with Crippen molar-refractivity contribution in [3.05, 3.63) is 23.8 Å². The first-order valence-electron chi connectivity index (χ1n) is 7.39. The van der Waals surface area contributed by atoms with Crippen molar-refractivity contribution in [2.75, 3.05) is 26.8 Å². The van der Waals surface area contributed by atoms with Crippen molar-refractivity contribution in [3.8, 4) is 11.5 Å². The minimum absolute atomic E-state index is 0.106. The van der Waals surface area contributed by atoms with Gasteiger partial charge >= 0.3 is 5.97 Å². The number of hydrogen-bond donors (Lipinski definition) is 1. The maximum Gasteiger partial charge on any atom is 0.306 e. The number of amides is 1. The van der Waals surface area contributed by atoms with Crippen LogP contribution in [0.1, 0.15) is 30.1 Å². The summed E-state index contributed by atoms with van der Waals surface area (Å²) in [6.07, 6.45) is 0.991. The smallest absolute Gasteiger partial charge is 0.306 e. The lowest BCUT2D eigenvalue weighted by molar-refractivity contribution is -0.143. The number of carboxylic acids is 1. The van der Waals surface area contributed by atoms with Crippen LogP contribution in [0.3, 0.4) is 0 Å². The van der Waals surface area contributed by atoms with Crippen LogP contribution in [0.4, 0.5) is 0 Å². The summed E-state index contributed by atoms with van der Waals surface area (Å²) in [5, 5.41) is 9.00. The molecular formula is C16H21NO5. The average Bonchev–Trinajstić information content (AvgIpc) is 2.55. The Morgan fingerprint density at radius 1 is 1.27 bits per heavy atom. The maximum atomic E-state index is 12.5. The number of likely N-dealkylation sites (tertiary alicyclic amines) is 1. The molecule has 1 amide bonds. The predicted octanol–water partition coefficient (Wildman–Crippen LogP) is 2.03. The standard InChI is InChI=1S/C16H21NO5/c1-3-22-13-5-4-12(10-14(13)21-2)15(18)17-8-6-11(7-9-17)16(19)20/h4-5,10-11H,3,6-9H2,1-2H3,(H,19,20). The molecule has 1 aliphatic heterocycles. The van der Waals surface area contributed by atoms with Crippen LogP contribution in [0.15, 0.2) is 18.2 Å². The van der Waals surface area contributed by atoms with Gasteiger partial charge in [-0.2, -0.15) is 0 Å². The Bertz CT molecular complexity index is 549. The molecule has 1 N–H and O–H groups in total. The number of ether oxygens (including phenoxy) is 2. The summed E-state index contributed by atoms with van der Waals surface area (Å²) in [6.45, 7) is 3.33. The fourth-order valence-corrected chi connectivity index (χ4v) is 2.59. The van der Waals surface area contributed by atoms with Crippen LogP contribution in [-0.2, 0) is 4.79 Å². The summed E-state index contributed by atoms with van der Waals surface area (Å²) in [7, 11) is 1.53. The zero-order chi connectivity index (χ0) is 16.1. The van der Waals surface area contributed by atoms with Gasteiger partial charge in [0.05, 0.1) is 19.6 Å². The summed E-state index contributed by atoms with van der Waals surface area (Å²) in [5.41, 5.74) is 0.522. The van der Waals surface area contributed by atoms with Crippen LogP contribution in [0.2, 0.25) is 0 Å². The molecule has 6 heteroatoms. The van der Waals surface area contributed by atoms with Crippen molar-refractivity contribution in [3.63, 3.8) is 0 Å². The van der Waals surface area contributed by atoms with E-state index in [4.69, 9.17) is 14.6 Å². The molecule has 1 fully saturated rings. The monoisotopic (exact) mass is 307 g/mol. The third-order valence-corrected chi connectivity index (χ3v) is 3.84. The molecular weight excluding hydrogens is 286 g/mol. The Balaban J connectivity index is 2.08. The van der Waals surface area contributed by atoms with Gasteiger partial charge in [0, 0.05) is 18.7 Å². The number of benzene rings is 1. The van der Waals surface area contributed by atoms with E-state index in [0.717, 1.165) is 0 Å². The van der Waals surface area contributed by atoms with E-state index in [0.29, 0.717) is 49.6 Å². The van der Waals surface area contributed by atoms with Crippen molar-refractivity contribution in [1.29, 1.82) is 0 Å². The topological polar surface area (TPSA) is 76.1 Å². The molecule has 1 aromatic carbocycles. The number of nitrogens with zero attached hydrogens (tertiary/aromatic N) is 1. The van der Waals surface area contributed by atoms with Gasteiger partial charge in [0.1, 0.15) is 0 Å². The third-order valence-electron chi connectivity index (χ3n) is 3.84. The molecule has 0 aromatic heterocycles. The lowest BCUT2D eigenvalue weighted by Crippen LogP contribution is -2.40. The highest BCUT2D eigenvalue weighted by atomic mass is 16.5. The van der Waals surface area contributed by atoms with Crippen molar-refractivity contribution >= 4 is 11.9 Å². The highest BCUT2D eigenvalue weighted by Crippen LogP contribution is 2.29. The Kier molecular flexibility index (Phi) is 5.25. The quantitative estimate of drug-likeness (QED) is 0.900. The molecule has 0 unspecified atom stereocenters. The van der Waals surface area contributed by atoms with Crippen LogP contribution >= 0.6 is 0 Å². The lowest BCUT2D eigenvalue weighted by atomic mass is 9.96. The van der Waals surface area contributed by atoms with E-state index < -0.39 is 5.97 Å². The number of aliphatic carboxylic acids is 1. The largest absolute Gasteiger partial charge is 0.493 e. The summed E-state index contributed by atoms with van der Waals surface area (Å²) < 4.78 is 10.7. The Morgan fingerprint density at radius 2 is 1.95 bits per heavy atom. The molecule has 0 aliphatic carbocycles. The molecule has 0 atom stereocenters. The minimum Gasteiger partial charge on any atom is -0.493 e. The van der Waals surface area contributed by atoms with Crippen LogP contribution in [0.5, 0.6) is 11.5 Å². The number of carbonyl (C=O) groups is 2. The number of carboxylic acid groups (broad SMARTS) is 1. The van der Waals surface area contributed by atoms with E-state index in [2.05, 4.69) is 0 Å². The van der Waals surface area contributed by atoms with E-state index in [9.17, 15) is 9.59 Å². The van der Waals surface area contributed by atoms with Crippen LogP contribution in [0, 0.1) is 5.92 Å². The van der Waals surface area contributed by atoms with Crippen LogP contribution in [-0.4, -0.2) is 48.7 Å². The summed E-state index contributed by atoms with van der Waals surface area (Å²) in [4.78, 5) is 25.1. The van der Waals surface area contributed by atoms with Gasteiger partial charge in [-0.1, -0.05) is 0 Å². The van der Waals surface area contributed by atoms with Crippen LogP contribution in [0.25, 0.3) is 0 Å². The normalized spacial score (nSPS) is 15.5. The highest BCUT2D eigenvalue weighted by Gasteiger charge is 2.27. The molecule has 22 heavy (non-hydrogen) atoms. The molecule has 120 valence electrons. The Labute approximate surface area is 129 Å². The summed E-state index contributed by atoms with van der Waals surface area (Å²) in [6, 6.07) is 5.09. The number of piperidine rings is 1. The second kappa shape index (κ2) is 7.15. The van der Waals surface area contributed by atoms with Crippen molar-refractivity contribution in [2.45, 2.75) is 19.8 Å². The molecule has 1 aliphatic rings. The molecule has 0 bridgehead atoms. The minimum atomic E-state index is -0.783. The Hall–Kier alpha value is -2.24. The Morgan fingerprint density at radius 3 is 2.50 bits per heavy atom. The SMILES string of the molecule is CCOc1ccc(C(=O)N2CCC(C(=O)O)CC2)cc1OC. The molecule has 1 aromatic rings. The van der Waals surface area contributed by atoms with Gasteiger partial charge in [-0.25, -0.2) is 0 Å². The lowest BCUT2D eigenvalue weighted by Gasteiger charge is -2.30. The van der Waals surface area contributed by atoms with Gasteiger partial charge in [-0.05, 0) is 38.0 Å². The van der Waals surface area contributed by atoms with Gasteiger partial charge < -0.3 is 19.5 Å². The fourth-order valence-electron chi connectivity index (χ4n) is 2.59. The van der Waals surface area contributed by atoms with Gasteiger partial charge in [0.25, 0.3) is 5.91 Å². The van der Waals surface area contributed by atoms with Gasteiger partial charge in [-0.15, -0.1) is 0 Å². The molecule has 1 heterocycles. The number of methoxy groups -OCH3 is 1. The maximum absolute atomic E-state index is 12.5. The van der Waals surface area contributed by atoms with Crippen molar-refractivity contribution < 1.29 is 24.2 Å². The van der Waals surface area contributed by atoms with Gasteiger partial charge in [0.2, 0.25) is 0 Å². The fraction of sp³-hybridized carbons (Fsp3) is 0.500. The van der Waals surface area contributed by atoms with E-state index >= 15 is 0 Å². The molecule has 6 nitrogen and oxygen atoms in total. The van der Waals surface area contributed by atoms with E-state index in [1.54, 1.807) is 23.1 Å². The summed E-state index contributed by atoms with van der Waals surface area (Å²) >= 11 is 0. The number of carbonyl (C=O) groups excluding carboxylic acids is 1. The zero-order valence-corrected chi connectivity index (χ0v) is 12.9. The second-order valence-electron chi connectivity index (χ2n) is 5.20. The molecule has 0 saturated carbocycles. The number of rotatable bonds is 5. The second-order valence-corrected chi connectivity index (χ2v) is 5.20. The molecule has 1 saturated heterocycles. The number of hydrogen-bond acceptors (Lipinski definition) is 4. The van der Waals surface area contributed by atoms with Gasteiger partial charge in [0.15, 0.2) is 11.5 Å². The first-order chi connectivity index (χ1) is 10.6. The van der Waals surface area contributed by atoms with E-state index in [1.165, 1.54) is 7.11 Å². The molecule has 2 rings (SSSR count). The first-order valence-corrected chi connectivity index (χ1v) is 7.39. The third kappa shape index (κ3) is 3.50. The first kappa shape index (κ1) is 16.1. The van der Waals surface area contributed by atoms with Crippen molar-refractivity contribution in [1.82, 2.24) is 4.90 Å². The van der Waals surface area contributed by atoms with Crippen LogP contribution < -0.4 is 9.47 Å². The van der Waals surface area contributed by atoms with E-state index in [1.807, 2.05) is 6.92 Å². The van der Waals surface area contributed by atoms with E-state index in [-0.39, 0.29) is 11.8 Å².